The summed E-state index contributed by atoms with van der Waals surface area (Å²) < 4.78 is 22.6. The van der Waals surface area contributed by atoms with Gasteiger partial charge in [0.05, 0.1) is 14.2 Å². The second-order valence-electron chi connectivity index (χ2n) is 2.24. The fraction of sp³-hybridized carbons (Fsp3) is 0.250. The molecule has 0 bridgehead atoms. The van der Waals surface area contributed by atoms with E-state index in [-0.39, 0.29) is 11.5 Å². The van der Waals surface area contributed by atoms with E-state index in [4.69, 9.17) is 15.2 Å². The van der Waals surface area contributed by atoms with E-state index in [0.717, 1.165) is 0 Å². The first-order chi connectivity index (χ1) is 5.69. The quantitative estimate of drug-likeness (QED) is 0.684. The van der Waals surface area contributed by atoms with Crippen LogP contribution in [-0.4, -0.2) is 14.2 Å². The van der Waals surface area contributed by atoms with Crippen molar-refractivity contribution < 1.29 is 13.9 Å². The summed E-state index contributed by atoms with van der Waals surface area (Å²) >= 11 is 0. The Labute approximate surface area is 69.9 Å². The van der Waals surface area contributed by atoms with Gasteiger partial charge in [-0.15, -0.1) is 0 Å². The highest BCUT2D eigenvalue weighted by Gasteiger charge is 2.09. The van der Waals surface area contributed by atoms with Gasteiger partial charge < -0.3 is 15.2 Å². The molecule has 0 heterocycles. The van der Waals surface area contributed by atoms with Crippen LogP contribution in [0.1, 0.15) is 0 Å². The molecule has 0 spiro atoms. The molecule has 4 heteroatoms. The van der Waals surface area contributed by atoms with Crippen LogP contribution in [0.2, 0.25) is 0 Å². The summed E-state index contributed by atoms with van der Waals surface area (Å²) in [5.74, 6) is -0.354. The number of nitrogens with two attached hydrogens (primary N) is 1. The van der Waals surface area contributed by atoms with Gasteiger partial charge in [-0.3, -0.25) is 0 Å². The highest BCUT2D eigenvalue weighted by molar-refractivity contribution is 5.51. The summed E-state index contributed by atoms with van der Waals surface area (Å²) in [7, 11) is 2.74. The maximum absolute atomic E-state index is 13.1. The van der Waals surface area contributed by atoms with Crippen molar-refractivity contribution >= 4 is 5.69 Å². The van der Waals surface area contributed by atoms with Gasteiger partial charge in [0, 0.05) is 17.8 Å². The Morgan fingerprint density at radius 3 is 1.92 bits per heavy atom. The van der Waals surface area contributed by atoms with Crippen LogP contribution >= 0.6 is 0 Å². The number of halogens is 1. The Kier molecular flexibility index (Phi) is 2.38. The van der Waals surface area contributed by atoms with E-state index in [1.54, 1.807) is 0 Å². The van der Waals surface area contributed by atoms with Crippen molar-refractivity contribution in [3.8, 4) is 11.5 Å². The molecule has 0 aromatic heterocycles. The minimum Gasteiger partial charge on any atom is -0.493 e. The predicted octanol–water partition coefficient (Wildman–Crippen LogP) is 1.43. The molecule has 0 aliphatic heterocycles. The molecule has 0 amide bonds. The second kappa shape index (κ2) is 3.30. The van der Waals surface area contributed by atoms with Crippen LogP contribution in [0.4, 0.5) is 10.1 Å². The molecule has 0 atom stereocenters. The van der Waals surface area contributed by atoms with E-state index in [1.165, 1.54) is 26.4 Å². The Balaban J connectivity index is 3.22. The molecule has 2 N–H and O–H groups in total. The highest BCUT2D eigenvalue weighted by Crippen LogP contribution is 2.29. The van der Waals surface area contributed by atoms with Crippen molar-refractivity contribution in [1.82, 2.24) is 0 Å². The van der Waals surface area contributed by atoms with E-state index >= 15 is 0 Å². The van der Waals surface area contributed by atoms with Crippen molar-refractivity contribution in [2.75, 3.05) is 20.0 Å². The standard InChI is InChI=1S/C8H10FNO2/c1-11-6-3-5(10)4-7(12-2)8(6)9/h3-4H,10H2,1-2H3. The lowest BCUT2D eigenvalue weighted by Crippen LogP contribution is -1.95. The van der Waals surface area contributed by atoms with Gasteiger partial charge in [-0.2, -0.15) is 4.39 Å². The first kappa shape index (κ1) is 8.64. The van der Waals surface area contributed by atoms with Crippen LogP contribution in [0.5, 0.6) is 11.5 Å². The minimum atomic E-state index is -0.533. The van der Waals surface area contributed by atoms with Gasteiger partial charge in [0.15, 0.2) is 11.5 Å². The monoisotopic (exact) mass is 171 g/mol. The van der Waals surface area contributed by atoms with Crippen LogP contribution in [0, 0.1) is 5.82 Å². The maximum atomic E-state index is 13.1. The normalized spacial score (nSPS) is 9.58. The fourth-order valence-corrected chi connectivity index (χ4v) is 0.890. The number of hydrogen-bond acceptors (Lipinski definition) is 3. The zero-order valence-corrected chi connectivity index (χ0v) is 6.93. The number of rotatable bonds is 2. The lowest BCUT2D eigenvalue weighted by atomic mass is 10.2. The number of ether oxygens (including phenoxy) is 2. The van der Waals surface area contributed by atoms with E-state index < -0.39 is 5.82 Å². The zero-order valence-electron chi connectivity index (χ0n) is 6.93. The largest absolute Gasteiger partial charge is 0.493 e. The zero-order chi connectivity index (χ0) is 9.14. The van der Waals surface area contributed by atoms with Crippen LogP contribution in [0.25, 0.3) is 0 Å². The van der Waals surface area contributed by atoms with Crippen LogP contribution in [0.3, 0.4) is 0 Å². The summed E-state index contributed by atoms with van der Waals surface area (Å²) in [4.78, 5) is 0. The van der Waals surface area contributed by atoms with E-state index in [1.807, 2.05) is 0 Å². The number of methoxy groups -OCH3 is 2. The van der Waals surface area contributed by atoms with Crippen molar-refractivity contribution in [3.63, 3.8) is 0 Å². The lowest BCUT2D eigenvalue weighted by Gasteiger charge is -2.07. The third-order valence-corrected chi connectivity index (χ3v) is 1.47. The molecule has 1 rings (SSSR count). The lowest BCUT2D eigenvalue weighted by molar-refractivity contribution is 0.351. The van der Waals surface area contributed by atoms with Crippen molar-refractivity contribution in [1.29, 1.82) is 0 Å². The third kappa shape index (κ3) is 1.42. The summed E-state index contributed by atoms with van der Waals surface area (Å²) in [5, 5.41) is 0. The molecule has 1 aromatic rings. The summed E-state index contributed by atoms with van der Waals surface area (Å²) in [6.07, 6.45) is 0. The van der Waals surface area contributed by atoms with Gasteiger partial charge in [0.25, 0.3) is 0 Å². The Hall–Kier alpha value is -1.45. The Bertz CT molecular complexity index is 263. The van der Waals surface area contributed by atoms with E-state index in [2.05, 4.69) is 0 Å². The van der Waals surface area contributed by atoms with Crippen LogP contribution < -0.4 is 15.2 Å². The highest BCUT2D eigenvalue weighted by atomic mass is 19.1. The van der Waals surface area contributed by atoms with E-state index in [9.17, 15) is 4.39 Å². The molecule has 0 unspecified atom stereocenters. The first-order valence-corrected chi connectivity index (χ1v) is 3.36. The summed E-state index contributed by atoms with van der Waals surface area (Å²) in [6, 6.07) is 2.80. The molecule has 0 aliphatic carbocycles. The van der Waals surface area contributed by atoms with Gasteiger partial charge >= 0.3 is 0 Å². The molecule has 0 saturated carbocycles. The van der Waals surface area contributed by atoms with Gasteiger partial charge in [0.2, 0.25) is 5.82 Å². The fourth-order valence-electron chi connectivity index (χ4n) is 0.890. The van der Waals surface area contributed by atoms with E-state index in [0.29, 0.717) is 5.69 Å². The molecular weight excluding hydrogens is 161 g/mol. The number of anilines is 1. The predicted molar refractivity (Wildman–Crippen MR) is 43.9 cm³/mol. The van der Waals surface area contributed by atoms with Gasteiger partial charge in [-0.05, 0) is 0 Å². The third-order valence-electron chi connectivity index (χ3n) is 1.47. The van der Waals surface area contributed by atoms with Crippen molar-refractivity contribution in [3.05, 3.63) is 17.9 Å². The van der Waals surface area contributed by atoms with Crippen molar-refractivity contribution in [2.45, 2.75) is 0 Å². The number of nitrogen functional groups attached to an aromatic ring is 1. The van der Waals surface area contributed by atoms with Gasteiger partial charge in [-0.1, -0.05) is 0 Å². The van der Waals surface area contributed by atoms with Crippen LogP contribution in [-0.2, 0) is 0 Å². The number of benzene rings is 1. The number of hydrogen-bond donors (Lipinski definition) is 1. The maximum Gasteiger partial charge on any atom is 0.206 e. The first-order valence-electron chi connectivity index (χ1n) is 3.36. The molecule has 0 aliphatic rings. The molecular formula is C8H10FNO2. The second-order valence-corrected chi connectivity index (χ2v) is 2.24. The Morgan fingerprint density at radius 1 is 1.17 bits per heavy atom. The average molecular weight is 171 g/mol. The molecule has 1 aromatic carbocycles. The topological polar surface area (TPSA) is 44.5 Å². The van der Waals surface area contributed by atoms with Crippen LogP contribution in [0.15, 0.2) is 12.1 Å². The van der Waals surface area contributed by atoms with Gasteiger partial charge in [0.1, 0.15) is 0 Å². The average Bonchev–Trinajstić information content (AvgIpc) is 2.08. The molecule has 66 valence electrons. The molecule has 0 saturated heterocycles. The smallest absolute Gasteiger partial charge is 0.206 e. The molecule has 3 nitrogen and oxygen atoms in total. The SMILES string of the molecule is COc1cc(N)cc(OC)c1F. The molecule has 0 radical (unpaired) electrons. The minimum absolute atomic E-state index is 0.0897. The summed E-state index contributed by atoms with van der Waals surface area (Å²) in [6.45, 7) is 0. The van der Waals surface area contributed by atoms with Gasteiger partial charge in [-0.25, -0.2) is 0 Å². The Morgan fingerprint density at radius 2 is 1.58 bits per heavy atom. The summed E-state index contributed by atoms with van der Waals surface area (Å²) in [5.41, 5.74) is 5.86. The van der Waals surface area contributed by atoms with Crippen molar-refractivity contribution in [2.24, 2.45) is 0 Å². The molecule has 12 heavy (non-hydrogen) atoms. The molecule has 0 fully saturated rings.